The minimum absolute atomic E-state index is 0.0799. The Hall–Kier alpha value is -0.820. The molecular weight excluding hydrogens is 295 g/mol. The fraction of sp³-hybridized carbons (Fsp3) is 0.222. The number of benzene rings is 1. The first-order valence-electron chi connectivity index (χ1n) is 3.96. The van der Waals surface area contributed by atoms with Gasteiger partial charge in [-0.15, -0.1) is 0 Å². The van der Waals surface area contributed by atoms with E-state index in [0.29, 0.717) is 14.8 Å². The van der Waals surface area contributed by atoms with Crippen LogP contribution in [-0.4, -0.2) is 28.3 Å². The van der Waals surface area contributed by atoms with Crippen molar-refractivity contribution in [1.29, 1.82) is 0 Å². The summed E-state index contributed by atoms with van der Waals surface area (Å²) in [4.78, 5) is 13.0. The number of hydrogen-bond donors (Lipinski definition) is 2. The van der Waals surface area contributed by atoms with Crippen molar-refractivity contribution in [2.75, 3.05) is 19.8 Å². The molecule has 0 unspecified atom stereocenters. The van der Waals surface area contributed by atoms with Crippen molar-refractivity contribution >= 4 is 11.6 Å². The van der Waals surface area contributed by atoms with Crippen molar-refractivity contribution in [1.82, 2.24) is 4.90 Å². The number of hydrogen-bond acceptors (Lipinski definition) is 3. The Morgan fingerprint density at radius 3 is 2.64 bits per heavy atom. The van der Waals surface area contributed by atoms with Crippen molar-refractivity contribution < 1.29 is 29.9 Å². The molecule has 78 valence electrons. The van der Waals surface area contributed by atoms with Gasteiger partial charge in [0.1, 0.15) is 0 Å². The predicted molar refractivity (Wildman–Crippen MR) is 49.8 cm³/mol. The second-order valence-corrected chi connectivity index (χ2v) is 4.67. The average molecular weight is 307 g/mol. The topological polar surface area (TPSA) is 66.6 Å². The summed E-state index contributed by atoms with van der Waals surface area (Å²) in [6.07, 6.45) is 0. The Kier molecular flexibility index (Phi) is 3.70. The van der Waals surface area contributed by atoms with E-state index in [0.717, 1.165) is 0 Å². The molecule has 3 N–H and O–H groups in total. The number of nitrogen functional groups attached to an aromatic ring is 1. The van der Waals surface area contributed by atoms with Gasteiger partial charge in [-0.25, -0.2) is 0 Å². The Balaban J connectivity index is 3.06. The number of amides is 1. The molecule has 0 aromatic heterocycles. The van der Waals surface area contributed by atoms with Gasteiger partial charge in [-0.3, -0.25) is 0 Å². The molecule has 0 aliphatic carbocycles. The van der Waals surface area contributed by atoms with E-state index in [2.05, 4.69) is 0 Å². The molecule has 0 aliphatic rings. The van der Waals surface area contributed by atoms with Crippen LogP contribution in [0.4, 0.5) is 5.69 Å². The van der Waals surface area contributed by atoms with Crippen molar-refractivity contribution in [2.24, 2.45) is 0 Å². The predicted octanol–water partition coefficient (Wildman–Crippen LogP) is -2.86. The van der Waals surface area contributed by atoms with Crippen molar-refractivity contribution in [3.63, 3.8) is 0 Å². The van der Waals surface area contributed by atoms with E-state index < -0.39 is 21.6 Å². The molecule has 0 saturated carbocycles. The number of carbonyl (C=O) groups is 1. The van der Waals surface area contributed by atoms with E-state index in [1.165, 1.54) is 4.90 Å². The van der Waals surface area contributed by atoms with Gasteiger partial charge in [0, 0.05) is 0 Å². The summed E-state index contributed by atoms with van der Waals surface area (Å²) in [6.45, 7) is 0. The third kappa shape index (κ3) is 2.36. The van der Waals surface area contributed by atoms with Gasteiger partial charge in [-0.05, 0) is 0 Å². The van der Waals surface area contributed by atoms with Crippen LogP contribution in [0.1, 0.15) is 10.4 Å². The number of rotatable bonds is 2. The average Bonchev–Trinajstić information content (AvgIpc) is 2.17. The van der Waals surface area contributed by atoms with E-state index in [9.17, 15) is 4.79 Å². The van der Waals surface area contributed by atoms with E-state index in [4.69, 9.17) is 9.17 Å². The Morgan fingerprint density at radius 1 is 1.50 bits per heavy atom. The standard InChI is InChI=1S/C9H12IN2O2/c1-12(2)9(13)6-3-4-8(11)7(5-6)10-14/h3-5,14H,11H2,1-2H3/q-1. The fourth-order valence-corrected chi connectivity index (χ4v) is 1.92. The molecule has 0 spiro atoms. The first-order valence-corrected chi connectivity index (χ1v) is 6.00. The summed E-state index contributed by atoms with van der Waals surface area (Å²) >= 11 is -1.07. The van der Waals surface area contributed by atoms with E-state index in [1.807, 2.05) is 0 Å². The molecule has 1 rings (SSSR count). The number of halogens is 1. The van der Waals surface area contributed by atoms with Gasteiger partial charge in [0.2, 0.25) is 0 Å². The summed E-state index contributed by atoms with van der Waals surface area (Å²) in [7, 11) is 3.37. The zero-order valence-corrected chi connectivity index (χ0v) is 10.1. The molecule has 1 amide bonds. The first kappa shape index (κ1) is 11.3. The van der Waals surface area contributed by atoms with Crippen molar-refractivity contribution in [2.45, 2.75) is 0 Å². The molecule has 0 aliphatic heterocycles. The molecule has 5 heteroatoms. The van der Waals surface area contributed by atoms with E-state index in [1.54, 1.807) is 32.3 Å². The first-order chi connectivity index (χ1) is 6.56. The summed E-state index contributed by atoms with van der Waals surface area (Å²) in [5, 5.41) is 0. The third-order valence-corrected chi connectivity index (χ3v) is 3.20. The number of carbonyl (C=O) groups excluding carboxylic acids is 1. The Labute approximate surface area is 93.5 Å². The number of anilines is 1. The molecule has 1 aromatic carbocycles. The van der Waals surface area contributed by atoms with Gasteiger partial charge < -0.3 is 0 Å². The van der Waals surface area contributed by atoms with Crippen LogP contribution >= 0.6 is 0 Å². The van der Waals surface area contributed by atoms with Crippen LogP contribution in [0.15, 0.2) is 18.2 Å². The molecule has 0 radical (unpaired) electrons. The van der Waals surface area contributed by atoms with Crippen LogP contribution in [0.25, 0.3) is 0 Å². The van der Waals surface area contributed by atoms with Crippen molar-refractivity contribution in [3.8, 4) is 0 Å². The van der Waals surface area contributed by atoms with Gasteiger partial charge in [0.25, 0.3) is 0 Å². The minimum atomic E-state index is -1.07. The maximum absolute atomic E-state index is 11.5. The third-order valence-electron chi connectivity index (χ3n) is 1.74. The molecule has 0 fully saturated rings. The van der Waals surface area contributed by atoms with Gasteiger partial charge in [-0.1, -0.05) is 0 Å². The number of nitrogens with two attached hydrogens (primary N) is 1. The number of nitrogens with zero attached hydrogens (tertiary/aromatic N) is 1. The van der Waals surface area contributed by atoms with Crippen molar-refractivity contribution in [3.05, 3.63) is 27.3 Å². The molecule has 0 saturated heterocycles. The molecule has 14 heavy (non-hydrogen) atoms. The summed E-state index contributed by atoms with van der Waals surface area (Å²) in [5.74, 6) is -0.0799. The quantitative estimate of drug-likeness (QED) is 0.456. The SMILES string of the molecule is CN(C)C(=O)c1ccc(N)c([I-]O)c1. The van der Waals surface area contributed by atoms with Gasteiger partial charge >= 0.3 is 93.5 Å². The molecule has 1 aromatic rings. The van der Waals surface area contributed by atoms with E-state index >= 15 is 0 Å². The zero-order chi connectivity index (χ0) is 10.7. The van der Waals surface area contributed by atoms with Crippen LogP contribution in [0.5, 0.6) is 0 Å². The molecule has 0 atom stereocenters. The summed E-state index contributed by atoms with van der Waals surface area (Å²) in [5.41, 5.74) is 6.73. The summed E-state index contributed by atoms with van der Waals surface area (Å²) in [6, 6.07) is 4.98. The van der Waals surface area contributed by atoms with Crippen LogP contribution in [0.3, 0.4) is 0 Å². The Morgan fingerprint density at radius 2 is 2.14 bits per heavy atom. The second kappa shape index (κ2) is 4.61. The monoisotopic (exact) mass is 307 g/mol. The van der Waals surface area contributed by atoms with Crippen LogP contribution in [0, 0.1) is 3.57 Å². The van der Waals surface area contributed by atoms with Crippen LogP contribution in [-0.2, 0) is 0 Å². The second-order valence-electron chi connectivity index (χ2n) is 3.02. The molecule has 0 heterocycles. The maximum atomic E-state index is 11.5. The van der Waals surface area contributed by atoms with Crippen LogP contribution < -0.4 is 27.4 Å². The van der Waals surface area contributed by atoms with Crippen LogP contribution in [0.2, 0.25) is 0 Å². The van der Waals surface area contributed by atoms with Gasteiger partial charge in [0.05, 0.1) is 0 Å². The molecule has 0 bridgehead atoms. The van der Waals surface area contributed by atoms with Gasteiger partial charge in [-0.2, -0.15) is 0 Å². The zero-order valence-electron chi connectivity index (χ0n) is 7.99. The Bertz CT molecular complexity index is 353. The fourth-order valence-electron chi connectivity index (χ4n) is 0.992. The summed E-state index contributed by atoms with van der Waals surface area (Å²) < 4.78 is 9.76. The van der Waals surface area contributed by atoms with Gasteiger partial charge in [0.15, 0.2) is 0 Å². The van der Waals surface area contributed by atoms with E-state index in [-0.39, 0.29) is 5.91 Å². The normalized spacial score (nSPS) is 10.2. The molecular formula is C9H12IN2O2-. The molecule has 4 nitrogen and oxygen atoms in total.